The molecular weight excluding hydrogens is 322 g/mol. The summed E-state index contributed by atoms with van der Waals surface area (Å²) >= 11 is 0.974. The predicted molar refractivity (Wildman–Crippen MR) is 95.8 cm³/mol. The lowest BCUT2D eigenvalue weighted by Gasteiger charge is -2.12. The van der Waals surface area contributed by atoms with E-state index in [0.717, 1.165) is 22.9 Å². The van der Waals surface area contributed by atoms with Crippen molar-refractivity contribution < 1.29 is 14.3 Å². The van der Waals surface area contributed by atoms with E-state index in [4.69, 9.17) is 4.74 Å². The number of benzene rings is 2. The number of para-hydroxylation sites is 1. The van der Waals surface area contributed by atoms with Gasteiger partial charge in [-0.25, -0.2) is 0 Å². The maximum Gasteiger partial charge on any atom is 0.293 e. The van der Waals surface area contributed by atoms with Crippen LogP contribution in [0.3, 0.4) is 0 Å². The minimum absolute atomic E-state index is 0.225. The van der Waals surface area contributed by atoms with Gasteiger partial charge in [0.05, 0.1) is 12.0 Å². The molecule has 0 radical (unpaired) electrons. The molecule has 3 rings (SSSR count). The summed E-state index contributed by atoms with van der Waals surface area (Å²) in [5.41, 5.74) is 1.89. The summed E-state index contributed by atoms with van der Waals surface area (Å²) in [5.74, 6) is 0.431. The number of thioether (sulfide) groups is 1. The largest absolute Gasteiger partial charge is 0.496 e. The number of hydrogen-bond acceptors (Lipinski definition) is 4. The van der Waals surface area contributed by atoms with Gasteiger partial charge in [0.15, 0.2) is 0 Å². The first kappa shape index (κ1) is 16.3. The zero-order valence-electron chi connectivity index (χ0n) is 13.3. The number of imide groups is 1. The molecule has 2 aromatic carbocycles. The summed E-state index contributed by atoms with van der Waals surface area (Å²) in [6, 6.07) is 17.2. The number of hydrogen-bond donors (Lipinski definition) is 0. The van der Waals surface area contributed by atoms with Crippen LogP contribution in [-0.4, -0.2) is 29.7 Å². The van der Waals surface area contributed by atoms with Crippen molar-refractivity contribution in [2.45, 2.75) is 6.42 Å². The molecule has 1 heterocycles. The zero-order chi connectivity index (χ0) is 16.9. The van der Waals surface area contributed by atoms with Crippen molar-refractivity contribution in [1.29, 1.82) is 0 Å². The van der Waals surface area contributed by atoms with E-state index in [9.17, 15) is 9.59 Å². The summed E-state index contributed by atoms with van der Waals surface area (Å²) in [7, 11) is 1.58. The number of ether oxygens (including phenoxy) is 1. The quantitative estimate of drug-likeness (QED) is 0.773. The highest BCUT2D eigenvalue weighted by atomic mass is 32.2. The van der Waals surface area contributed by atoms with E-state index in [1.807, 2.05) is 54.6 Å². The van der Waals surface area contributed by atoms with E-state index in [-0.39, 0.29) is 11.1 Å². The van der Waals surface area contributed by atoms with E-state index in [1.165, 1.54) is 4.90 Å². The second-order valence-corrected chi connectivity index (χ2v) is 6.30. The molecule has 0 aliphatic carbocycles. The highest BCUT2D eigenvalue weighted by Crippen LogP contribution is 2.33. The maximum absolute atomic E-state index is 12.5. The van der Waals surface area contributed by atoms with E-state index in [1.54, 1.807) is 13.2 Å². The molecule has 1 saturated heterocycles. The van der Waals surface area contributed by atoms with Crippen molar-refractivity contribution in [1.82, 2.24) is 4.90 Å². The van der Waals surface area contributed by atoms with Crippen molar-refractivity contribution >= 4 is 29.0 Å². The molecule has 1 aliphatic heterocycles. The third-order valence-corrected chi connectivity index (χ3v) is 4.67. The molecule has 1 aliphatic rings. The normalized spacial score (nSPS) is 16.0. The molecule has 2 amide bonds. The Bertz CT molecular complexity index is 786. The first-order valence-electron chi connectivity index (χ1n) is 7.61. The summed E-state index contributed by atoms with van der Waals surface area (Å²) < 4.78 is 5.29. The topological polar surface area (TPSA) is 46.6 Å². The van der Waals surface area contributed by atoms with Crippen molar-refractivity contribution in [2.75, 3.05) is 13.7 Å². The van der Waals surface area contributed by atoms with Gasteiger partial charge < -0.3 is 4.74 Å². The monoisotopic (exact) mass is 339 g/mol. The molecule has 0 N–H and O–H groups in total. The van der Waals surface area contributed by atoms with Crippen LogP contribution in [0.5, 0.6) is 5.75 Å². The Morgan fingerprint density at radius 2 is 1.75 bits per heavy atom. The standard InChI is InChI=1S/C19H17NO3S/c1-23-16-10-6-5-9-15(16)13-17-18(21)20(19(22)24-17)12-11-14-7-3-2-4-8-14/h2-10,13H,11-12H2,1H3/b17-13-. The molecular formula is C19H17NO3S. The summed E-state index contributed by atoms with van der Waals surface area (Å²) in [6.45, 7) is 0.387. The summed E-state index contributed by atoms with van der Waals surface area (Å²) in [4.78, 5) is 26.4. The molecule has 0 saturated carbocycles. The summed E-state index contributed by atoms with van der Waals surface area (Å²) in [5, 5.41) is -0.225. The maximum atomic E-state index is 12.5. The van der Waals surface area contributed by atoms with Gasteiger partial charge in [-0.15, -0.1) is 0 Å². The Kier molecular flexibility index (Phi) is 5.01. The van der Waals surface area contributed by atoms with Gasteiger partial charge in [-0.05, 0) is 35.9 Å². The number of rotatable bonds is 5. The highest BCUT2D eigenvalue weighted by Gasteiger charge is 2.34. The lowest BCUT2D eigenvalue weighted by molar-refractivity contribution is -0.122. The third kappa shape index (κ3) is 3.51. The molecule has 0 atom stereocenters. The smallest absolute Gasteiger partial charge is 0.293 e. The van der Waals surface area contributed by atoms with Crippen LogP contribution >= 0.6 is 11.8 Å². The van der Waals surface area contributed by atoms with Crippen molar-refractivity contribution in [3.8, 4) is 5.75 Å². The number of methoxy groups -OCH3 is 1. The Morgan fingerprint density at radius 3 is 2.50 bits per heavy atom. The van der Waals surface area contributed by atoms with E-state index in [0.29, 0.717) is 23.6 Å². The third-order valence-electron chi connectivity index (χ3n) is 3.77. The first-order valence-corrected chi connectivity index (χ1v) is 8.43. The molecule has 0 bridgehead atoms. The SMILES string of the molecule is COc1ccccc1/C=C1\SC(=O)N(CCc2ccccc2)C1=O. The fraction of sp³-hybridized carbons (Fsp3) is 0.158. The molecule has 122 valence electrons. The number of carbonyl (C=O) groups is 2. The van der Waals surface area contributed by atoms with Crippen LogP contribution in [0.1, 0.15) is 11.1 Å². The fourth-order valence-corrected chi connectivity index (χ4v) is 3.36. The Balaban J connectivity index is 1.75. The van der Waals surface area contributed by atoms with Crippen LogP contribution in [0.15, 0.2) is 59.5 Å². The number of amides is 2. The van der Waals surface area contributed by atoms with Crippen LogP contribution in [-0.2, 0) is 11.2 Å². The Labute approximate surface area is 145 Å². The lowest BCUT2D eigenvalue weighted by atomic mass is 10.1. The minimum atomic E-state index is -0.244. The van der Waals surface area contributed by atoms with Crippen LogP contribution in [0, 0.1) is 0 Å². The predicted octanol–water partition coefficient (Wildman–Crippen LogP) is 3.97. The number of nitrogens with zero attached hydrogens (tertiary/aromatic N) is 1. The van der Waals surface area contributed by atoms with Crippen LogP contribution in [0.25, 0.3) is 6.08 Å². The van der Waals surface area contributed by atoms with Gasteiger partial charge in [0.25, 0.3) is 11.1 Å². The number of carbonyl (C=O) groups excluding carboxylic acids is 2. The van der Waals surface area contributed by atoms with Crippen molar-refractivity contribution in [3.63, 3.8) is 0 Å². The van der Waals surface area contributed by atoms with Crippen molar-refractivity contribution in [2.24, 2.45) is 0 Å². The van der Waals surface area contributed by atoms with Gasteiger partial charge in [0.2, 0.25) is 0 Å². The van der Waals surface area contributed by atoms with Gasteiger partial charge in [-0.1, -0.05) is 48.5 Å². The molecule has 2 aromatic rings. The second-order valence-electron chi connectivity index (χ2n) is 5.31. The van der Waals surface area contributed by atoms with E-state index >= 15 is 0 Å². The Morgan fingerprint density at radius 1 is 1.04 bits per heavy atom. The molecule has 0 spiro atoms. The van der Waals surface area contributed by atoms with Gasteiger partial charge in [-0.3, -0.25) is 14.5 Å². The van der Waals surface area contributed by atoms with Crippen LogP contribution < -0.4 is 4.74 Å². The van der Waals surface area contributed by atoms with Gasteiger partial charge in [0.1, 0.15) is 5.75 Å². The van der Waals surface area contributed by atoms with Crippen LogP contribution in [0.2, 0.25) is 0 Å². The Hall–Kier alpha value is -2.53. The molecule has 0 aromatic heterocycles. The van der Waals surface area contributed by atoms with E-state index < -0.39 is 0 Å². The highest BCUT2D eigenvalue weighted by molar-refractivity contribution is 8.18. The fourth-order valence-electron chi connectivity index (χ4n) is 2.51. The molecule has 1 fully saturated rings. The van der Waals surface area contributed by atoms with Gasteiger partial charge >= 0.3 is 0 Å². The van der Waals surface area contributed by atoms with Crippen LogP contribution in [0.4, 0.5) is 4.79 Å². The average Bonchev–Trinajstić information content (AvgIpc) is 2.88. The van der Waals surface area contributed by atoms with E-state index in [2.05, 4.69) is 0 Å². The van der Waals surface area contributed by atoms with Gasteiger partial charge in [-0.2, -0.15) is 0 Å². The molecule has 24 heavy (non-hydrogen) atoms. The molecule has 4 nitrogen and oxygen atoms in total. The minimum Gasteiger partial charge on any atom is -0.496 e. The lowest BCUT2D eigenvalue weighted by Crippen LogP contribution is -2.30. The first-order chi connectivity index (χ1) is 11.7. The van der Waals surface area contributed by atoms with Gasteiger partial charge in [0, 0.05) is 12.1 Å². The zero-order valence-corrected chi connectivity index (χ0v) is 14.1. The van der Waals surface area contributed by atoms with Crippen molar-refractivity contribution in [3.05, 3.63) is 70.6 Å². The second kappa shape index (κ2) is 7.36. The summed E-state index contributed by atoms with van der Waals surface area (Å²) in [6.07, 6.45) is 2.37. The molecule has 5 heteroatoms. The average molecular weight is 339 g/mol. The molecule has 0 unspecified atom stereocenters.